The van der Waals surface area contributed by atoms with E-state index in [2.05, 4.69) is 4.90 Å². The minimum Gasteiger partial charge on any atom is -0.478 e. The van der Waals surface area contributed by atoms with Gasteiger partial charge in [0, 0.05) is 30.9 Å². The standard InChI is InChI=1S/C14H15NO3/c1-15-8-2-3-10-4-5-11(9-12(10)15)13(16)6-7-14(17)18/h4-7,9H,2-3,8H2,1H3,(H,17,18)/b7-6+. The Balaban J connectivity index is 2.28. The number of anilines is 1. The molecule has 1 N–H and O–H groups in total. The van der Waals surface area contributed by atoms with Crippen molar-refractivity contribution >= 4 is 17.4 Å². The monoisotopic (exact) mass is 245 g/mol. The van der Waals surface area contributed by atoms with Crippen LogP contribution in [0.25, 0.3) is 0 Å². The average molecular weight is 245 g/mol. The van der Waals surface area contributed by atoms with Crippen molar-refractivity contribution in [3.63, 3.8) is 0 Å². The first-order chi connectivity index (χ1) is 8.58. The molecule has 0 atom stereocenters. The third kappa shape index (κ3) is 2.59. The van der Waals surface area contributed by atoms with E-state index in [1.807, 2.05) is 19.2 Å². The highest BCUT2D eigenvalue weighted by Crippen LogP contribution is 2.27. The molecule has 0 aromatic heterocycles. The number of benzene rings is 1. The SMILES string of the molecule is CN1CCCc2ccc(C(=O)/C=C/C(=O)O)cc21. The lowest BCUT2D eigenvalue weighted by molar-refractivity contribution is -0.131. The van der Waals surface area contributed by atoms with Crippen molar-refractivity contribution in [2.75, 3.05) is 18.5 Å². The fraction of sp³-hybridized carbons (Fsp3) is 0.286. The predicted molar refractivity (Wildman–Crippen MR) is 69.1 cm³/mol. The van der Waals surface area contributed by atoms with Crippen molar-refractivity contribution in [1.82, 2.24) is 0 Å². The van der Waals surface area contributed by atoms with Crippen LogP contribution in [0, 0.1) is 0 Å². The lowest BCUT2D eigenvalue weighted by Crippen LogP contribution is -2.24. The van der Waals surface area contributed by atoms with Crippen LogP contribution in [-0.2, 0) is 11.2 Å². The number of ketones is 1. The van der Waals surface area contributed by atoms with Gasteiger partial charge in [-0.3, -0.25) is 4.79 Å². The van der Waals surface area contributed by atoms with Crippen molar-refractivity contribution in [2.24, 2.45) is 0 Å². The molecular formula is C14H15NO3. The van der Waals surface area contributed by atoms with Gasteiger partial charge in [0.25, 0.3) is 0 Å². The maximum absolute atomic E-state index is 11.8. The first-order valence-corrected chi connectivity index (χ1v) is 5.87. The van der Waals surface area contributed by atoms with E-state index in [1.54, 1.807) is 6.07 Å². The molecule has 1 aliphatic rings. The van der Waals surface area contributed by atoms with E-state index in [-0.39, 0.29) is 5.78 Å². The number of aryl methyl sites for hydroxylation is 1. The van der Waals surface area contributed by atoms with E-state index in [0.717, 1.165) is 37.2 Å². The van der Waals surface area contributed by atoms with Crippen LogP contribution in [0.3, 0.4) is 0 Å². The molecule has 0 bridgehead atoms. The topological polar surface area (TPSA) is 57.6 Å². The Hall–Kier alpha value is -2.10. The third-order valence-corrected chi connectivity index (χ3v) is 3.10. The zero-order chi connectivity index (χ0) is 13.1. The van der Waals surface area contributed by atoms with Crippen LogP contribution in [0.1, 0.15) is 22.3 Å². The lowest BCUT2D eigenvalue weighted by atomic mass is 9.98. The number of hydrogen-bond acceptors (Lipinski definition) is 3. The molecule has 18 heavy (non-hydrogen) atoms. The van der Waals surface area contributed by atoms with Crippen LogP contribution in [0.15, 0.2) is 30.4 Å². The summed E-state index contributed by atoms with van der Waals surface area (Å²) in [5, 5.41) is 8.50. The number of rotatable bonds is 3. The Morgan fingerprint density at radius 1 is 1.33 bits per heavy atom. The van der Waals surface area contributed by atoms with Gasteiger partial charge in [0.15, 0.2) is 5.78 Å². The average Bonchev–Trinajstić information content (AvgIpc) is 2.36. The summed E-state index contributed by atoms with van der Waals surface area (Å²) in [4.78, 5) is 24.3. The molecule has 2 rings (SSSR count). The predicted octanol–water partition coefficient (Wildman–Crippen LogP) is 1.89. The zero-order valence-electron chi connectivity index (χ0n) is 10.2. The number of fused-ring (bicyclic) bond motifs is 1. The summed E-state index contributed by atoms with van der Waals surface area (Å²) < 4.78 is 0. The van der Waals surface area contributed by atoms with Gasteiger partial charge in [-0.2, -0.15) is 0 Å². The molecule has 0 saturated heterocycles. The normalized spacial score (nSPS) is 14.6. The highest BCUT2D eigenvalue weighted by molar-refractivity contribution is 6.07. The number of carboxylic acids is 1. The Bertz CT molecular complexity index is 520. The van der Waals surface area contributed by atoms with E-state index in [1.165, 1.54) is 5.56 Å². The molecule has 94 valence electrons. The van der Waals surface area contributed by atoms with Gasteiger partial charge in [-0.15, -0.1) is 0 Å². The Morgan fingerprint density at radius 2 is 2.11 bits per heavy atom. The molecule has 0 amide bonds. The Labute approximate surface area is 106 Å². The molecule has 1 heterocycles. The van der Waals surface area contributed by atoms with Crippen LogP contribution in [0.2, 0.25) is 0 Å². The second-order valence-corrected chi connectivity index (χ2v) is 4.40. The summed E-state index contributed by atoms with van der Waals surface area (Å²) in [5.74, 6) is -1.39. The molecule has 1 aliphatic heterocycles. The van der Waals surface area contributed by atoms with Crippen LogP contribution < -0.4 is 4.90 Å². The molecule has 0 fully saturated rings. The van der Waals surface area contributed by atoms with E-state index in [9.17, 15) is 9.59 Å². The minimum absolute atomic E-state index is 0.279. The third-order valence-electron chi connectivity index (χ3n) is 3.10. The van der Waals surface area contributed by atoms with Crippen LogP contribution >= 0.6 is 0 Å². The van der Waals surface area contributed by atoms with E-state index >= 15 is 0 Å². The smallest absolute Gasteiger partial charge is 0.328 e. The maximum Gasteiger partial charge on any atom is 0.328 e. The van der Waals surface area contributed by atoms with Gasteiger partial charge in [0.1, 0.15) is 0 Å². The van der Waals surface area contributed by atoms with Gasteiger partial charge in [-0.1, -0.05) is 12.1 Å². The molecule has 4 heteroatoms. The number of aliphatic carboxylic acids is 1. The van der Waals surface area contributed by atoms with E-state index < -0.39 is 5.97 Å². The van der Waals surface area contributed by atoms with Crippen molar-refractivity contribution in [2.45, 2.75) is 12.8 Å². The largest absolute Gasteiger partial charge is 0.478 e. The van der Waals surface area contributed by atoms with E-state index in [0.29, 0.717) is 5.56 Å². The van der Waals surface area contributed by atoms with Crippen LogP contribution in [0.4, 0.5) is 5.69 Å². The van der Waals surface area contributed by atoms with Crippen molar-refractivity contribution in [1.29, 1.82) is 0 Å². The van der Waals surface area contributed by atoms with Crippen molar-refractivity contribution in [3.8, 4) is 0 Å². The highest BCUT2D eigenvalue weighted by Gasteiger charge is 2.15. The number of carboxylic acid groups (broad SMARTS) is 1. The van der Waals surface area contributed by atoms with Gasteiger partial charge in [0.2, 0.25) is 0 Å². The highest BCUT2D eigenvalue weighted by atomic mass is 16.4. The number of carbonyl (C=O) groups excluding carboxylic acids is 1. The molecule has 1 aromatic carbocycles. The molecule has 0 spiro atoms. The van der Waals surface area contributed by atoms with Crippen LogP contribution in [0.5, 0.6) is 0 Å². The Kier molecular flexibility index (Phi) is 3.46. The van der Waals surface area contributed by atoms with Crippen molar-refractivity contribution in [3.05, 3.63) is 41.5 Å². The number of allylic oxidation sites excluding steroid dienone is 1. The number of hydrogen-bond donors (Lipinski definition) is 1. The first kappa shape index (κ1) is 12.4. The summed E-state index contributed by atoms with van der Waals surface area (Å²) in [6.07, 6.45) is 4.10. The van der Waals surface area contributed by atoms with Gasteiger partial charge in [0.05, 0.1) is 0 Å². The Morgan fingerprint density at radius 3 is 2.83 bits per heavy atom. The second-order valence-electron chi connectivity index (χ2n) is 4.40. The first-order valence-electron chi connectivity index (χ1n) is 5.87. The number of carbonyl (C=O) groups is 2. The quantitative estimate of drug-likeness (QED) is 0.652. The summed E-state index contributed by atoms with van der Waals surface area (Å²) in [7, 11) is 2.00. The minimum atomic E-state index is -1.11. The maximum atomic E-state index is 11.8. The fourth-order valence-corrected chi connectivity index (χ4v) is 2.15. The summed E-state index contributed by atoms with van der Waals surface area (Å²) in [6, 6.07) is 5.54. The number of nitrogens with zero attached hydrogens (tertiary/aromatic N) is 1. The fourth-order valence-electron chi connectivity index (χ4n) is 2.15. The van der Waals surface area contributed by atoms with Crippen LogP contribution in [-0.4, -0.2) is 30.5 Å². The molecule has 0 unspecified atom stereocenters. The van der Waals surface area contributed by atoms with E-state index in [4.69, 9.17) is 5.11 Å². The molecule has 0 radical (unpaired) electrons. The van der Waals surface area contributed by atoms with Gasteiger partial charge in [-0.05, 0) is 30.5 Å². The summed E-state index contributed by atoms with van der Waals surface area (Å²) in [6.45, 7) is 0.982. The molecule has 1 aromatic rings. The molecule has 0 saturated carbocycles. The van der Waals surface area contributed by atoms with Crippen molar-refractivity contribution < 1.29 is 14.7 Å². The zero-order valence-corrected chi connectivity index (χ0v) is 10.2. The summed E-state index contributed by atoms with van der Waals surface area (Å²) in [5.41, 5.74) is 2.83. The lowest BCUT2D eigenvalue weighted by Gasteiger charge is -2.27. The second kappa shape index (κ2) is 5.04. The summed E-state index contributed by atoms with van der Waals surface area (Å²) >= 11 is 0. The van der Waals surface area contributed by atoms with Gasteiger partial charge >= 0.3 is 5.97 Å². The molecule has 0 aliphatic carbocycles. The molecular weight excluding hydrogens is 230 g/mol. The van der Waals surface area contributed by atoms with Gasteiger partial charge in [-0.25, -0.2) is 4.79 Å². The van der Waals surface area contributed by atoms with Gasteiger partial charge < -0.3 is 10.0 Å². The molecule has 4 nitrogen and oxygen atoms in total.